The van der Waals surface area contributed by atoms with E-state index in [-0.39, 0.29) is 23.0 Å². The quantitative estimate of drug-likeness (QED) is 0.318. The Balaban J connectivity index is 1.28. The van der Waals surface area contributed by atoms with E-state index >= 15 is 0 Å². The van der Waals surface area contributed by atoms with Gasteiger partial charge in [-0.2, -0.15) is 0 Å². The Morgan fingerprint density at radius 3 is 2.70 bits per heavy atom. The number of carbonyl (C=O) groups is 1. The van der Waals surface area contributed by atoms with E-state index < -0.39 is 11.6 Å². The Bertz CT molecular complexity index is 1560. The number of fused-ring (bicyclic) bond motifs is 1. The fourth-order valence-corrected chi connectivity index (χ4v) is 5.85. The molecule has 12 heteroatoms. The summed E-state index contributed by atoms with van der Waals surface area (Å²) in [5.74, 6) is -0.144. The Morgan fingerprint density at radius 2 is 1.85 bits per heavy atom. The molecule has 8 nitrogen and oxygen atoms in total. The Hall–Kier alpha value is -3.67. The van der Waals surface area contributed by atoms with E-state index in [9.17, 15) is 13.6 Å². The van der Waals surface area contributed by atoms with E-state index in [1.807, 2.05) is 39.4 Å². The lowest BCUT2D eigenvalue weighted by Crippen LogP contribution is -2.46. The number of hydrogen-bond donors (Lipinski definition) is 2. The van der Waals surface area contributed by atoms with Crippen LogP contribution in [0.4, 0.5) is 20.4 Å². The molecule has 0 atom stereocenters. The first-order chi connectivity index (χ1) is 19.5. The zero-order chi connectivity index (χ0) is 27.6. The van der Waals surface area contributed by atoms with Crippen LogP contribution in [0, 0.1) is 11.6 Å². The summed E-state index contributed by atoms with van der Waals surface area (Å²) >= 11 is 7.54. The molecule has 2 aliphatic heterocycles. The van der Waals surface area contributed by atoms with Gasteiger partial charge in [0, 0.05) is 67.9 Å². The molecule has 40 heavy (non-hydrogen) atoms. The maximum absolute atomic E-state index is 14.6. The molecule has 2 N–H and O–H groups in total. The van der Waals surface area contributed by atoms with Gasteiger partial charge in [-0.15, -0.1) is 11.3 Å². The first kappa shape index (κ1) is 26.5. The Morgan fingerprint density at radius 1 is 1.02 bits per heavy atom. The van der Waals surface area contributed by atoms with Gasteiger partial charge in [0.1, 0.15) is 22.3 Å². The molecule has 206 valence electrons. The molecule has 2 aromatic heterocycles. The molecule has 0 saturated carbocycles. The van der Waals surface area contributed by atoms with E-state index in [1.54, 1.807) is 6.20 Å². The average Bonchev–Trinajstić information content (AvgIpc) is 3.40. The zero-order valence-electron chi connectivity index (χ0n) is 21.5. The van der Waals surface area contributed by atoms with Crippen molar-refractivity contribution in [1.29, 1.82) is 0 Å². The smallest absolute Gasteiger partial charge is 0.253 e. The third kappa shape index (κ3) is 5.36. The summed E-state index contributed by atoms with van der Waals surface area (Å²) in [6, 6.07) is 9.60. The lowest BCUT2D eigenvalue weighted by Gasteiger charge is -2.27. The molecule has 4 aromatic rings. The molecule has 1 saturated heterocycles. The summed E-state index contributed by atoms with van der Waals surface area (Å²) in [4.78, 5) is 30.9. The van der Waals surface area contributed by atoms with Crippen LogP contribution >= 0.6 is 22.9 Å². The number of carbonyl (C=O) groups excluding carboxylic acids is 1. The van der Waals surface area contributed by atoms with Gasteiger partial charge in [-0.1, -0.05) is 23.7 Å². The predicted molar refractivity (Wildman–Crippen MR) is 153 cm³/mol. The number of hydrogen-bond acceptors (Lipinski definition) is 8. The Kier molecular flexibility index (Phi) is 7.59. The highest BCUT2D eigenvalue weighted by Crippen LogP contribution is 2.34. The first-order valence-corrected chi connectivity index (χ1v) is 14.3. The maximum atomic E-state index is 14.6. The largest absolute Gasteiger partial charge is 0.367 e. The van der Waals surface area contributed by atoms with Crippen molar-refractivity contribution in [3.63, 3.8) is 0 Å². The minimum atomic E-state index is -0.667. The Labute approximate surface area is 239 Å². The number of thiazole rings is 1. The number of amides is 1. The number of nitrogens with zero attached hydrogens (tertiary/aromatic N) is 5. The molecule has 1 amide bonds. The van der Waals surface area contributed by atoms with Crippen LogP contribution in [0.3, 0.4) is 0 Å². The van der Waals surface area contributed by atoms with Gasteiger partial charge in [0.25, 0.3) is 5.91 Å². The molecule has 4 heterocycles. The number of anilines is 2. The number of rotatable bonds is 5. The number of piperazine rings is 1. The highest BCUT2D eigenvalue weighted by Gasteiger charge is 2.24. The van der Waals surface area contributed by atoms with Crippen molar-refractivity contribution in [3.05, 3.63) is 75.8 Å². The normalized spacial score (nSPS) is 15.4. The fourth-order valence-electron chi connectivity index (χ4n) is 4.85. The van der Waals surface area contributed by atoms with Gasteiger partial charge in [0.15, 0.2) is 11.6 Å². The molecule has 6 rings (SSSR count). The summed E-state index contributed by atoms with van der Waals surface area (Å²) in [7, 11) is 0. The standard InChI is InChI=1S/C28H26ClF2N7OS/c29-24-19(20(30)5-6-21(24)31)15-38-10-2-7-33-25-26(38)35-22(14-34-25)27-36-23(16-40-27)17-3-1-4-18(13-17)28(39)37-11-8-32-9-12-37/h1,3-6,13-14,16,32H,2,7-12,15H2,(H,33,34). The topological polar surface area (TPSA) is 86.3 Å². The summed E-state index contributed by atoms with van der Waals surface area (Å²) in [6.07, 6.45) is 2.41. The van der Waals surface area contributed by atoms with Crippen LogP contribution in [0.15, 0.2) is 48.0 Å². The summed E-state index contributed by atoms with van der Waals surface area (Å²) in [6.45, 7) is 4.23. The molecular formula is C28H26ClF2N7OS. The van der Waals surface area contributed by atoms with E-state index in [4.69, 9.17) is 21.6 Å². The summed E-state index contributed by atoms with van der Waals surface area (Å²) < 4.78 is 28.7. The molecular weight excluding hydrogens is 556 g/mol. The van der Waals surface area contributed by atoms with Gasteiger partial charge in [0.2, 0.25) is 0 Å². The van der Waals surface area contributed by atoms with Gasteiger partial charge >= 0.3 is 0 Å². The van der Waals surface area contributed by atoms with Crippen LogP contribution in [0.5, 0.6) is 0 Å². The van der Waals surface area contributed by atoms with Crippen molar-refractivity contribution in [2.45, 2.75) is 13.0 Å². The highest BCUT2D eigenvalue weighted by atomic mass is 35.5. The number of benzene rings is 2. The van der Waals surface area contributed by atoms with E-state index in [0.29, 0.717) is 54.1 Å². The van der Waals surface area contributed by atoms with Crippen LogP contribution in [0.2, 0.25) is 5.02 Å². The van der Waals surface area contributed by atoms with Crippen molar-refractivity contribution in [1.82, 2.24) is 25.2 Å². The second-order valence-electron chi connectivity index (χ2n) is 9.61. The van der Waals surface area contributed by atoms with E-state index in [0.717, 1.165) is 42.9 Å². The van der Waals surface area contributed by atoms with Gasteiger partial charge in [-0.05, 0) is 30.7 Å². The van der Waals surface area contributed by atoms with Crippen molar-refractivity contribution in [2.24, 2.45) is 0 Å². The second kappa shape index (κ2) is 11.4. The molecule has 2 aliphatic rings. The minimum absolute atomic E-state index is 0.0119. The molecule has 0 bridgehead atoms. The molecule has 0 aliphatic carbocycles. The van der Waals surface area contributed by atoms with Gasteiger partial charge in [-0.25, -0.2) is 23.7 Å². The molecule has 1 fully saturated rings. The van der Waals surface area contributed by atoms with Gasteiger partial charge in [-0.3, -0.25) is 4.79 Å². The highest BCUT2D eigenvalue weighted by molar-refractivity contribution is 7.13. The molecule has 0 unspecified atom stereocenters. The minimum Gasteiger partial charge on any atom is -0.367 e. The van der Waals surface area contributed by atoms with Crippen LogP contribution in [-0.2, 0) is 6.54 Å². The number of halogens is 3. The lowest BCUT2D eigenvalue weighted by atomic mass is 10.1. The molecule has 0 radical (unpaired) electrons. The van der Waals surface area contributed by atoms with Crippen LogP contribution in [-0.4, -0.2) is 65.0 Å². The number of aromatic nitrogens is 3. The maximum Gasteiger partial charge on any atom is 0.253 e. The fraction of sp³-hybridized carbons (Fsp3) is 0.286. The van der Waals surface area contributed by atoms with E-state index in [2.05, 4.69) is 15.6 Å². The van der Waals surface area contributed by atoms with Crippen LogP contribution < -0.4 is 15.5 Å². The van der Waals surface area contributed by atoms with Crippen molar-refractivity contribution < 1.29 is 13.6 Å². The second-order valence-corrected chi connectivity index (χ2v) is 10.8. The van der Waals surface area contributed by atoms with E-state index in [1.165, 1.54) is 11.3 Å². The zero-order valence-corrected chi connectivity index (χ0v) is 23.0. The third-order valence-corrected chi connectivity index (χ3v) is 8.25. The molecule has 0 spiro atoms. The predicted octanol–water partition coefficient (Wildman–Crippen LogP) is 5.07. The van der Waals surface area contributed by atoms with Crippen molar-refractivity contribution >= 4 is 40.5 Å². The molecule has 2 aromatic carbocycles. The monoisotopic (exact) mass is 581 g/mol. The van der Waals surface area contributed by atoms with Crippen molar-refractivity contribution in [3.8, 4) is 22.0 Å². The third-order valence-electron chi connectivity index (χ3n) is 6.97. The average molecular weight is 582 g/mol. The first-order valence-electron chi connectivity index (χ1n) is 13.0. The summed E-state index contributed by atoms with van der Waals surface area (Å²) in [5, 5.41) is 8.87. The van der Waals surface area contributed by atoms with Crippen molar-refractivity contribution in [2.75, 3.05) is 49.5 Å². The SMILES string of the molecule is O=C(c1cccc(-c2csc(-c3cnc4c(n3)N(Cc3c(F)ccc(F)c3Cl)CCCN4)n2)c1)N1CCNCC1. The van der Waals surface area contributed by atoms with Gasteiger partial charge in [0.05, 0.1) is 16.9 Å². The van der Waals surface area contributed by atoms with Crippen LogP contribution in [0.1, 0.15) is 22.3 Å². The number of nitrogens with one attached hydrogen (secondary N) is 2. The van der Waals surface area contributed by atoms with Crippen LogP contribution in [0.25, 0.3) is 22.0 Å². The van der Waals surface area contributed by atoms with Gasteiger partial charge < -0.3 is 20.4 Å². The lowest BCUT2D eigenvalue weighted by molar-refractivity contribution is 0.0736. The summed E-state index contributed by atoms with van der Waals surface area (Å²) in [5.41, 5.74) is 2.83.